The number of ether oxygens (including phenoxy) is 8. The van der Waals surface area contributed by atoms with E-state index < -0.39 is 0 Å². The Morgan fingerprint density at radius 3 is 1.06 bits per heavy atom. The van der Waals surface area contributed by atoms with Crippen molar-refractivity contribution in [3.8, 4) is 34.5 Å². The van der Waals surface area contributed by atoms with Crippen molar-refractivity contribution in [2.45, 2.75) is 38.5 Å². The number of rotatable bonds is 12. The lowest BCUT2D eigenvalue weighted by Crippen LogP contribution is -2.23. The predicted molar refractivity (Wildman–Crippen MR) is 283 cm³/mol. The maximum absolute atomic E-state index is 6.84. The third-order valence-corrected chi connectivity index (χ3v) is 12.8. The first-order valence-corrected chi connectivity index (χ1v) is 25.1. The van der Waals surface area contributed by atoms with Crippen LogP contribution in [0, 0.1) is 0 Å². The van der Waals surface area contributed by atoms with Gasteiger partial charge in [-0.1, -0.05) is 109 Å². The molecule has 0 unspecified atom stereocenters. The van der Waals surface area contributed by atoms with Gasteiger partial charge in [-0.15, -0.1) is 0 Å². The molecule has 3 aliphatic rings. The molecule has 0 amide bonds. The van der Waals surface area contributed by atoms with Crippen LogP contribution in [0.3, 0.4) is 0 Å². The van der Waals surface area contributed by atoms with Gasteiger partial charge in [0.05, 0.1) is 26.4 Å². The van der Waals surface area contributed by atoms with Crippen LogP contribution in [0.1, 0.15) is 55.6 Å². The second-order valence-corrected chi connectivity index (χ2v) is 18.0. The molecule has 374 valence electrons. The van der Waals surface area contributed by atoms with E-state index in [2.05, 4.69) is 108 Å². The Kier molecular flexibility index (Phi) is 17.8. The molecule has 2 aliphatic heterocycles. The van der Waals surface area contributed by atoms with Gasteiger partial charge in [-0.3, -0.25) is 10.6 Å². The van der Waals surface area contributed by atoms with Crippen LogP contribution in [-0.2, 0) is 48.0 Å². The van der Waals surface area contributed by atoms with Gasteiger partial charge in [0.2, 0.25) is 0 Å². The number of hydrogen-bond donors (Lipinski definition) is 4. The van der Waals surface area contributed by atoms with Crippen molar-refractivity contribution in [2.75, 3.05) is 90.9 Å². The first-order valence-electron chi connectivity index (χ1n) is 25.1. The number of benzene rings is 7. The van der Waals surface area contributed by atoms with E-state index in [9.17, 15) is 0 Å². The van der Waals surface area contributed by atoms with Crippen molar-refractivity contribution in [1.29, 1.82) is 0 Å². The molecular formula is C60H66N4O8. The number of fused-ring (bicyclic) bond motifs is 12. The molecule has 0 radical (unpaired) electrons. The van der Waals surface area contributed by atoms with Gasteiger partial charge in [0.25, 0.3) is 0 Å². The maximum atomic E-state index is 6.84. The van der Waals surface area contributed by atoms with Crippen LogP contribution in [-0.4, -0.2) is 79.4 Å². The van der Waals surface area contributed by atoms with Crippen molar-refractivity contribution >= 4 is 11.4 Å². The molecule has 0 spiro atoms. The Hall–Kier alpha value is -7.22. The maximum Gasteiger partial charge on any atom is 0.161 e. The van der Waals surface area contributed by atoms with E-state index in [-0.39, 0.29) is 0 Å². The van der Waals surface area contributed by atoms with Crippen LogP contribution in [0.2, 0.25) is 0 Å². The van der Waals surface area contributed by atoms with Crippen molar-refractivity contribution in [2.24, 2.45) is 0 Å². The minimum Gasteiger partial charge on any atom is -0.491 e. The summed E-state index contributed by atoms with van der Waals surface area (Å²) in [5, 5.41) is 7.06. The average Bonchev–Trinajstić information content (AvgIpc) is 3.39. The molecule has 7 aromatic rings. The number of nitrogens with one attached hydrogen (secondary N) is 2. The van der Waals surface area contributed by atoms with Gasteiger partial charge >= 0.3 is 0 Å². The third-order valence-electron chi connectivity index (χ3n) is 12.8. The summed E-state index contributed by atoms with van der Waals surface area (Å²) in [5.74, 6) is 4.61. The van der Waals surface area contributed by atoms with Crippen molar-refractivity contribution < 1.29 is 37.9 Å². The highest BCUT2D eigenvalue weighted by Gasteiger charge is 2.22. The highest BCUT2D eigenvalue weighted by atomic mass is 16.6. The lowest BCUT2D eigenvalue weighted by atomic mass is 9.91. The van der Waals surface area contributed by atoms with Crippen molar-refractivity contribution in [3.63, 3.8) is 0 Å². The average molecular weight is 971 g/mol. The number of nitrogens with two attached hydrogens (primary N) is 2. The number of para-hydroxylation sites is 6. The Bertz CT molecular complexity index is 2540. The molecule has 12 heteroatoms. The molecule has 7 aromatic carbocycles. The molecule has 72 heavy (non-hydrogen) atoms. The molecule has 2 heterocycles. The van der Waals surface area contributed by atoms with Gasteiger partial charge in [0.15, 0.2) is 11.5 Å². The van der Waals surface area contributed by atoms with E-state index in [0.717, 1.165) is 105 Å². The third kappa shape index (κ3) is 13.8. The molecule has 12 nitrogen and oxygen atoms in total. The van der Waals surface area contributed by atoms with E-state index >= 15 is 0 Å². The fourth-order valence-corrected chi connectivity index (χ4v) is 9.17. The highest BCUT2D eigenvalue weighted by Crippen LogP contribution is 2.39. The summed E-state index contributed by atoms with van der Waals surface area (Å²) in [4.78, 5) is 0. The molecular weight excluding hydrogens is 905 g/mol. The fraction of sp³-hybridized carbons (Fsp3) is 0.300. The predicted octanol–water partition coefficient (Wildman–Crippen LogP) is 9.13. The molecule has 10 rings (SSSR count). The molecule has 0 atom stereocenters. The van der Waals surface area contributed by atoms with Crippen LogP contribution in [0.4, 0.5) is 11.4 Å². The highest BCUT2D eigenvalue weighted by molar-refractivity contribution is 5.56. The van der Waals surface area contributed by atoms with Crippen molar-refractivity contribution in [1.82, 2.24) is 10.6 Å². The molecule has 0 aromatic heterocycles. The van der Waals surface area contributed by atoms with Crippen LogP contribution in [0.15, 0.2) is 146 Å². The SMILES string of the molecule is Nc1ccc(CCNCOc2c3cccc2Cc2cccc4c2OCCOCCOc2ccccc2OCCOCCOc2c(cccc2Cc2cccc(c2OCNCCc2ccc(N)cc2)C4)C3)cc1. The van der Waals surface area contributed by atoms with Crippen LogP contribution in [0.25, 0.3) is 0 Å². The zero-order valence-corrected chi connectivity index (χ0v) is 41.0. The fourth-order valence-electron chi connectivity index (χ4n) is 9.17. The largest absolute Gasteiger partial charge is 0.491 e. The molecule has 0 saturated heterocycles. The summed E-state index contributed by atoms with van der Waals surface area (Å²) in [6.45, 7) is 4.99. The number of nitrogen functional groups attached to an aromatic ring is 2. The first-order chi connectivity index (χ1) is 35.5. The second-order valence-electron chi connectivity index (χ2n) is 18.0. The Balaban J connectivity index is 1.07. The van der Waals surface area contributed by atoms with E-state index in [1.807, 2.05) is 48.5 Å². The van der Waals surface area contributed by atoms with E-state index in [0.29, 0.717) is 103 Å². The normalized spacial score (nSPS) is 14.3. The van der Waals surface area contributed by atoms with Crippen molar-refractivity contribution in [3.05, 3.63) is 201 Å². The quantitative estimate of drug-likeness (QED) is 0.0401. The monoisotopic (exact) mass is 970 g/mol. The zero-order chi connectivity index (χ0) is 49.2. The van der Waals surface area contributed by atoms with Gasteiger partial charge in [-0.25, -0.2) is 0 Å². The summed E-state index contributed by atoms with van der Waals surface area (Å²) in [5.41, 5.74) is 24.2. The lowest BCUT2D eigenvalue weighted by molar-refractivity contribution is 0.0695. The van der Waals surface area contributed by atoms with Gasteiger partial charge in [-0.2, -0.15) is 0 Å². The first kappa shape index (κ1) is 49.7. The van der Waals surface area contributed by atoms with Gasteiger partial charge in [0, 0.05) is 50.1 Å². The van der Waals surface area contributed by atoms with Gasteiger partial charge < -0.3 is 49.4 Å². The van der Waals surface area contributed by atoms with Gasteiger partial charge in [-0.05, 0) is 105 Å². The van der Waals surface area contributed by atoms with Gasteiger partial charge in [0.1, 0.15) is 62.9 Å². The summed E-state index contributed by atoms with van der Waals surface area (Å²) in [6, 6.07) is 49.4. The molecule has 1 aliphatic carbocycles. The molecule has 0 saturated carbocycles. The smallest absolute Gasteiger partial charge is 0.161 e. The minimum absolute atomic E-state index is 0.326. The topological polar surface area (TPSA) is 150 Å². The van der Waals surface area contributed by atoms with Crippen LogP contribution >= 0.6 is 0 Å². The van der Waals surface area contributed by atoms with E-state index in [4.69, 9.17) is 49.4 Å². The van der Waals surface area contributed by atoms with Crippen LogP contribution < -0.4 is 50.5 Å². The van der Waals surface area contributed by atoms with Crippen LogP contribution in [0.5, 0.6) is 34.5 Å². The summed E-state index contributed by atoms with van der Waals surface area (Å²) >= 11 is 0. The Morgan fingerprint density at radius 1 is 0.361 bits per heavy atom. The standard InChI is InChI=1S/C60H66N4O8/c61-53-21-17-43(18-22-53)25-27-63-41-71-59-49-11-5-13-51(59)39-47-9-4-10-48-40-52-14-6-12-50(60(52)72-42-64-28-26-44-19-23-54(62)24-20-44)38-46-8-3-7-45(37-49)57(46)69-35-31-65-29-33-67-55-15-1-2-16-56(55)68-34-30-66-32-36-70-58(47)48/h1-24,63-64H,25-42,61-62H2. The Morgan fingerprint density at radius 2 is 0.694 bits per heavy atom. The zero-order valence-electron chi connectivity index (χ0n) is 41.0. The molecule has 10 bridgehead atoms. The lowest BCUT2D eigenvalue weighted by Gasteiger charge is -2.23. The minimum atomic E-state index is 0.326. The summed E-state index contributed by atoms with van der Waals surface area (Å²) in [7, 11) is 0. The molecule has 6 N–H and O–H groups in total. The number of hydrogen-bond acceptors (Lipinski definition) is 12. The van der Waals surface area contributed by atoms with E-state index in [1.165, 1.54) is 11.1 Å². The number of anilines is 2. The summed E-state index contributed by atoms with van der Waals surface area (Å²) in [6.07, 6.45) is 3.95. The van der Waals surface area contributed by atoms with E-state index in [1.54, 1.807) is 0 Å². The Labute approximate surface area is 423 Å². The second kappa shape index (κ2) is 25.8. The molecule has 0 fully saturated rings. The summed E-state index contributed by atoms with van der Waals surface area (Å²) < 4.78 is 51.8.